The van der Waals surface area contributed by atoms with Crippen molar-refractivity contribution < 1.29 is 19.5 Å². The number of piperidine rings is 1. The maximum atomic E-state index is 11.7. The molecule has 8 heteroatoms. The Labute approximate surface area is 140 Å². The van der Waals surface area contributed by atoms with Gasteiger partial charge in [0.05, 0.1) is 12.6 Å². The van der Waals surface area contributed by atoms with Crippen molar-refractivity contribution >= 4 is 17.9 Å². The summed E-state index contributed by atoms with van der Waals surface area (Å²) < 4.78 is 5.11. The van der Waals surface area contributed by atoms with Gasteiger partial charge in [0, 0.05) is 24.9 Å². The lowest BCUT2D eigenvalue weighted by atomic mass is 9.89. The molecular formula is C15H23N3O4S. The number of ether oxygens (including phenoxy) is 1. The molecule has 1 aliphatic heterocycles. The third-order valence-corrected chi connectivity index (χ3v) is 3.97. The normalized spacial score (nSPS) is 22.7. The first-order valence-electron chi connectivity index (χ1n) is 7.48. The van der Waals surface area contributed by atoms with Gasteiger partial charge in [0.1, 0.15) is 5.60 Å². The summed E-state index contributed by atoms with van der Waals surface area (Å²) in [5.74, 6) is -0.0654. The topological polar surface area (TPSA) is 84.8 Å². The van der Waals surface area contributed by atoms with E-state index >= 15 is 0 Å². The van der Waals surface area contributed by atoms with Crippen LogP contribution < -0.4 is 0 Å². The van der Waals surface area contributed by atoms with Gasteiger partial charge in [-0.15, -0.1) is 5.06 Å². The Hall–Kier alpha value is -1.38. The zero-order chi connectivity index (χ0) is 17.0. The molecule has 1 saturated heterocycles. The molecular weight excluding hydrogens is 318 g/mol. The summed E-state index contributed by atoms with van der Waals surface area (Å²) in [6, 6.07) is 0. The van der Waals surface area contributed by atoms with Gasteiger partial charge in [-0.3, -0.25) is 0 Å². The van der Waals surface area contributed by atoms with E-state index in [1.54, 1.807) is 33.2 Å². The Morgan fingerprint density at radius 2 is 2.04 bits per heavy atom. The first-order valence-corrected chi connectivity index (χ1v) is 8.71. The number of hydrogen-bond donors (Lipinski definition) is 1. The molecule has 0 spiro atoms. The number of rotatable bonds is 3. The molecule has 1 N–H and O–H groups in total. The van der Waals surface area contributed by atoms with Gasteiger partial charge in [0.25, 0.3) is 0 Å². The van der Waals surface area contributed by atoms with E-state index in [9.17, 15) is 9.90 Å². The van der Waals surface area contributed by atoms with Crippen LogP contribution >= 0.6 is 11.8 Å². The van der Waals surface area contributed by atoms with Crippen LogP contribution in [-0.2, 0) is 9.57 Å². The Morgan fingerprint density at radius 1 is 1.39 bits per heavy atom. The maximum absolute atomic E-state index is 11.7. The first-order chi connectivity index (χ1) is 10.8. The van der Waals surface area contributed by atoms with Crippen LogP contribution in [0.2, 0.25) is 0 Å². The van der Waals surface area contributed by atoms with E-state index in [0.717, 1.165) is 5.56 Å². The molecule has 0 amide bonds. The summed E-state index contributed by atoms with van der Waals surface area (Å²) in [6.45, 7) is 6.06. The first kappa shape index (κ1) is 18.0. The lowest BCUT2D eigenvalue weighted by molar-refractivity contribution is -0.170. The second kappa shape index (κ2) is 7.46. The van der Waals surface area contributed by atoms with E-state index in [4.69, 9.17) is 9.57 Å². The SMILES string of the molecule is CSc1ncc(C2CCN(OC(=O)OC(C)(C)C)CC2O)cn1. The number of thioether (sulfide) groups is 1. The highest BCUT2D eigenvalue weighted by molar-refractivity contribution is 7.98. The van der Waals surface area contributed by atoms with E-state index in [-0.39, 0.29) is 12.5 Å². The zero-order valence-electron chi connectivity index (χ0n) is 13.9. The van der Waals surface area contributed by atoms with Gasteiger partial charge < -0.3 is 14.7 Å². The minimum Gasteiger partial charge on any atom is -0.427 e. The molecule has 1 aromatic rings. The second-order valence-electron chi connectivity index (χ2n) is 6.41. The van der Waals surface area contributed by atoms with Crippen molar-refractivity contribution in [1.82, 2.24) is 15.0 Å². The van der Waals surface area contributed by atoms with Crippen LogP contribution in [-0.4, -0.2) is 57.3 Å². The number of nitrogens with zero attached hydrogens (tertiary/aromatic N) is 3. The molecule has 0 radical (unpaired) electrons. The molecule has 2 heterocycles. The van der Waals surface area contributed by atoms with Crippen LogP contribution in [0.1, 0.15) is 38.7 Å². The highest BCUT2D eigenvalue weighted by atomic mass is 32.2. The van der Waals surface area contributed by atoms with Crippen molar-refractivity contribution in [3.63, 3.8) is 0 Å². The molecule has 7 nitrogen and oxygen atoms in total. The van der Waals surface area contributed by atoms with Gasteiger partial charge in [0.15, 0.2) is 5.16 Å². The fraction of sp³-hybridized carbons (Fsp3) is 0.667. The highest BCUT2D eigenvalue weighted by Gasteiger charge is 2.32. The third kappa shape index (κ3) is 5.33. The van der Waals surface area contributed by atoms with Crippen molar-refractivity contribution in [3.05, 3.63) is 18.0 Å². The van der Waals surface area contributed by atoms with Crippen molar-refractivity contribution in [2.45, 2.75) is 50.0 Å². The van der Waals surface area contributed by atoms with Gasteiger partial charge in [-0.25, -0.2) is 14.8 Å². The molecule has 1 aromatic heterocycles. The van der Waals surface area contributed by atoms with Gasteiger partial charge in [-0.1, -0.05) is 11.8 Å². The summed E-state index contributed by atoms with van der Waals surface area (Å²) >= 11 is 1.47. The molecule has 0 aliphatic carbocycles. The van der Waals surface area contributed by atoms with Crippen molar-refractivity contribution in [3.8, 4) is 0 Å². The number of aliphatic hydroxyl groups is 1. The van der Waals surface area contributed by atoms with Crippen LogP contribution in [0.25, 0.3) is 0 Å². The Bertz CT molecular complexity index is 533. The smallest absolute Gasteiger partial charge is 0.427 e. The number of aliphatic hydroxyl groups excluding tert-OH is 1. The molecule has 2 rings (SSSR count). The monoisotopic (exact) mass is 341 g/mol. The predicted molar refractivity (Wildman–Crippen MR) is 86.1 cm³/mol. The van der Waals surface area contributed by atoms with E-state index in [1.807, 2.05) is 6.26 Å². The Kier molecular flexibility index (Phi) is 5.83. The molecule has 23 heavy (non-hydrogen) atoms. The van der Waals surface area contributed by atoms with Crippen molar-refractivity contribution in [1.29, 1.82) is 0 Å². The van der Waals surface area contributed by atoms with Crippen molar-refractivity contribution in [2.24, 2.45) is 0 Å². The van der Waals surface area contributed by atoms with Crippen LogP contribution in [0.15, 0.2) is 17.6 Å². The molecule has 0 bridgehead atoms. The summed E-state index contributed by atoms with van der Waals surface area (Å²) in [5, 5.41) is 12.5. The quantitative estimate of drug-likeness (QED) is 0.509. The number of carbonyl (C=O) groups excluding carboxylic acids is 1. The minimum atomic E-state index is -0.754. The molecule has 1 aliphatic rings. The number of hydroxylamine groups is 2. The summed E-state index contributed by atoms with van der Waals surface area (Å²) in [4.78, 5) is 25.3. The molecule has 2 unspecified atom stereocenters. The van der Waals surface area contributed by atoms with E-state index in [2.05, 4.69) is 9.97 Å². The molecule has 0 aromatic carbocycles. The van der Waals surface area contributed by atoms with Crippen LogP contribution in [0.4, 0.5) is 4.79 Å². The van der Waals surface area contributed by atoms with Gasteiger partial charge in [-0.05, 0) is 39.0 Å². The van der Waals surface area contributed by atoms with Crippen LogP contribution in [0.5, 0.6) is 0 Å². The number of aromatic nitrogens is 2. The van der Waals surface area contributed by atoms with E-state index in [1.165, 1.54) is 16.8 Å². The fourth-order valence-electron chi connectivity index (χ4n) is 2.37. The number of hydrogen-bond acceptors (Lipinski definition) is 8. The Morgan fingerprint density at radius 3 is 2.57 bits per heavy atom. The second-order valence-corrected chi connectivity index (χ2v) is 7.18. The lowest BCUT2D eigenvalue weighted by Gasteiger charge is -2.34. The maximum Gasteiger partial charge on any atom is 0.528 e. The minimum absolute atomic E-state index is 0.0654. The third-order valence-electron chi connectivity index (χ3n) is 3.40. The van der Waals surface area contributed by atoms with Crippen LogP contribution in [0.3, 0.4) is 0 Å². The zero-order valence-corrected chi connectivity index (χ0v) is 14.7. The summed E-state index contributed by atoms with van der Waals surface area (Å²) in [6.07, 6.45) is 4.64. The van der Waals surface area contributed by atoms with E-state index in [0.29, 0.717) is 18.1 Å². The summed E-state index contributed by atoms with van der Waals surface area (Å²) in [7, 11) is 0. The van der Waals surface area contributed by atoms with Crippen LogP contribution in [0, 0.1) is 0 Å². The summed E-state index contributed by atoms with van der Waals surface area (Å²) in [5.41, 5.74) is 0.289. The predicted octanol–water partition coefficient (Wildman–Crippen LogP) is 2.22. The number of β-amino-alcohol motifs (C(OH)–C–C–N with tert-alkyl or cyclic N) is 1. The highest BCUT2D eigenvalue weighted by Crippen LogP contribution is 2.28. The molecule has 1 fully saturated rings. The average Bonchev–Trinajstić information content (AvgIpc) is 2.45. The van der Waals surface area contributed by atoms with E-state index < -0.39 is 17.9 Å². The van der Waals surface area contributed by atoms with Gasteiger partial charge in [0.2, 0.25) is 0 Å². The molecule has 128 valence electrons. The van der Waals surface area contributed by atoms with Gasteiger partial charge >= 0.3 is 6.16 Å². The standard InChI is InChI=1S/C15H23N3O4S/c1-15(2,3)21-14(20)22-18-6-5-11(12(19)9-18)10-7-16-13(23-4)17-8-10/h7-8,11-12,19H,5-6,9H2,1-4H3. The molecule has 0 saturated carbocycles. The lowest BCUT2D eigenvalue weighted by Crippen LogP contribution is -2.44. The molecule has 2 atom stereocenters. The van der Waals surface area contributed by atoms with Gasteiger partial charge in [-0.2, -0.15) is 0 Å². The average molecular weight is 341 g/mol. The van der Waals surface area contributed by atoms with Crippen molar-refractivity contribution in [2.75, 3.05) is 19.3 Å². The fourth-order valence-corrected chi connectivity index (χ4v) is 2.69. The Balaban J connectivity index is 1.90. The number of carbonyl (C=O) groups is 1. The largest absolute Gasteiger partial charge is 0.528 e.